The number of hydrogen-bond acceptors (Lipinski definition) is 3. The Morgan fingerprint density at radius 2 is 1.91 bits per heavy atom. The molecule has 1 heterocycles. The fraction of sp³-hybridized carbons (Fsp3) is 0.467. The Hall–Kier alpha value is -2.25. The minimum Gasteiger partial charge on any atom is -0.481 e. The first kappa shape index (κ1) is 17.1. The first-order valence-corrected chi connectivity index (χ1v) is 7.10. The molecule has 23 heavy (non-hydrogen) atoms. The van der Waals surface area contributed by atoms with Gasteiger partial charge in [-0.15, -0.1) is 13.2 Å². The average molecular weight is 331 g/mol. The molecular formula is C15H16F3NO4. The number of amides is 1. The zero-order valence-electron chi connectivity index (χ0n) is 12.2. The van der Waals surface area contributed by atoms with Crippen LogP contribution in [0.15, 0.2) is 24.3 Å². The van der Waals surface area contributed by atoms with Gasteiger partial charge in [0.2, 0.25) is 5.91 Å². The molecule has 0 bridgehead atoms. The fourth-order valence-electron chi connectivity index (χ4n) is 2.50. The number of halogens is 3. The lowest BCUT2D eigenvalue weighted by Gasteiger charge is -2.30. The molecule has 1 aliphatic heterocycles. The van der Waals surface area contributed by atoms with E-state index in [1.54, 1.807) is 0 Å². The highest BCUT2D eigenvalue weighted by molar-refractivity contribution is 5.80. The van der Waals surface area contributed by atoms with Crippen LogP contribution in [0.3, 0.4) is 0 Å². The van der Waals surface area contributed by atoms with Crippen molar-refractivity contribution in [1.82, 2.24) is 4.90 Å². The third-order valence-electron chi connectivity index (χ3n) is 3.64. The number of aliphatic carboxylic acids is 1. The lowest BCUT2D eigenvalue weighted by Crippen LogP contribution is -2.42. The van der Waals surface area contributed by atoms with Crippen molar-refractivity contribution in [3.63, 3.8) is 0 Å². The molecule has 126 valence electrons. The van der Waals surface area contributed by atoms with Crippen LogP contribution in [0.2, 0.25) is 0 Å². The molecule has 0 saturated carbocycles. The number of carbonyl (C=O) groups excluding carboxylic acids is 1. The van der Waals surface area contributed by atoms with E-state index in [4.69, 9.17) is 5.11 Å². The summed E-state index contributed by atoms with van der Waals surface area (Å²) in [4.78, 5) is 24.6. The quantitative estimate of drug-likeness (QED) is 0.920. The molecule has 1 saturated heterocycles. The first-order valence-electron chi connectivity index (χ1n) is 7.10. The molecule has 8 heteroatoms. The highest BCUT2D eigenvalue weighted by Crippen LogP contribution is 2.23. The van der Waals surface area contributed by atoms with E-state index in [2.05, 4.69) is 4.74 Å². The van der Waals surface area contributed by atoms with Crippen LogP contribution in [-0.4, -0.2) is 41.3 Å². The van der Waals surface area contributed by atoms with Crippen LogP contribution < -0.4 is 4.74 Å². The number of rotatable bonds is 4. The number of benzene rings is 1. The number of likely N-dealkylation sites (tertiary alicyclic amines) is 1. The van der Waals surface area contributed by atoms with E-state index in [9.17, 15) is 22.8 Å². The van der Waals surface area contributed by atoms with Gasteiger partial charge in [-0.05, 0) is 30.5 Å². The van der Waals surface area contributed by atoms with Crippen molar-refractivity contribution in [3.8, 4) is 5.75 Å². The molecule has 1 fully saturated rings. The van der Waals surface area contributed by atoms with Gasteiger partial charge < -0.3 is 14.7 Å². The van der Waals surface area contributed by atoms with E-state index in [0.29, 0.717) is 24.9 Å². The molecule has 0 spiro atoms. The molecule has 1 aromatic carbocycles. The van der Waals surface area contributed by atoms with Gasteiger partial charge in [-0.3, -0.25) is 9.59 Å². The molecular weight excluding hydrogens is 315 g/mol. The van der Waals surface area contributed by atoms with Gasteiger partial charge in [0.1, 0.15) is 5.75 Å². The minimum atomic E-state index is -4.75. The van der Waals surface area contributed by atoms with Crippen molar-refractivity contribution >= 4 is 11.9 Å². The highest BCUT2D eigenvalue weighted by atomic mass is 19.4. The number of nitrogens with zero attached hydrogens (tertiary/aromatic N) is 1. The lowest BCUT2D eigenvalue weighted by atomic mass is 9.97. The Labute approximate surface area is 130 Å². The fourth-order valence-corrected chi connectivity index (χ4v) is 2.50. The molecule has 0 radical (unpaired) electrons. The van der Waals surface area contributed by atoms with Crippen molar-refractivity contribution in [1.29, 1.82) is 0 Å². The van der Waals surface area contributed by atoms with Crippen LogP contribution in [0.1, 0.15) is 18.4 Å². The maximum absolute atomic E-state index is 12.2. The number of ether oxygens (including phenoxy) is 1. The largest absolute Gasteiger partial charge is 0.573 e. The predicted octanol–water partition coefficient (Wildman–Crippen LogP) is 2.45. The Kier molecular flexibility index (Phi) is 5.12. The third-order valence-corrected chi connectivity index (χ3v) is 3.64. The number of alkyl halides is 3. The van der Waals surface area contributed by atoms with Gasteiger partial charge in [-0.2, -0.15) is 0 Å². The van der Waals surface area contributed by atoms with Gasteiger partial charge in [-0.25, -0.2) is 0 Å². The van der Waals surface area contributed by atoms with E-state index < -0.39 is 18.2 Å². The van der Waals surface area contributed by atoms with E-state index in [1.165, 1.54) is 17.0 Å². The normalized spacial score (nSPS) is 18.6. The topological polar surface area (TPSA) is 66.8 Å². The van der Waals surface area contributed by atoms with E-state index in [1.807, 2.05) is 0 Å². The van der Waals surface area contributed by atoms with Crippen molar-refractivity contribution in [2.24, 2.45) is 5.92 Å². The molecule has 1 aromatic rings. The van der Waals surface area contributed by atoms with Crippen LogP contribution in [0.5, 0.6) is 5.75 Å². The van der Waals surface area contributed by atoms with Gasteiger partial charge in [-0.1, -0.05) is 12.1 Å². The van der Waals surface area contributed by atoms with Gasteiger partial charge >= 0.3 is 12.3 Å². The Morgan fingerprint density at radius 3 is 2.48 bits per heavy atom. The Morgan fingerprint density at radius 1 is 1.26 bits per heavy atom. The Bertz CT molecular complexity index is 571. The summed E-state index contributed by atoms with van der Waals surface area (Å²) in [5.41, 5.74) is 0.543. The van der Waals surface area contributed by atoms with Crippen LogP contribution in [0.4, 0.5) is 13.2 Å². The van der Waals surface area contributed by atoms with Crippen LogP contribution >= 0.6 is 0 Å². The van der Waals surface area contributed by atoms with Crippen molar-refractivity contribution < 1.29 is 32.6 Å². The summed E-state index contributed by atoms with van der Waals surface area (Å²) < 4.78 is 40.0. The maximum atomic E-state index is 12.2. The molecule has 5 nitrogen and oxygen atoms in total. The molecule has 1 N–H and O–H groups in total. The number of carboxylic acids is 1. The zero-order chi connectivity index (χ0) is 17.0. The average Bonchev–Trinajstić information content (AvgIpc) is 2.48. The SMILES string of the molecule is O=C(O)[C@H]1CCCN(C(=O)Cc2ccc(OC(F)(F)F)cc2)C1. The molecule has 1 aliphatic rings. The van der Waals surface area contributed by atoms with Gasteiger partial charge in [0.25, 0.3) is 0 Å². The Balaban J connectivity index is 1.93. The number of hydrogen-bond donors (Lipinski definition) is 1. The second-order valence-electron chi connectivity index (χ2n) is 5.39. The van der Waals surface area contributed by atoms with Crippen molar-refractivity contribution in [2.45, 2.75) is 25.6 Å². The second kappa shape index (κ2) is 6.89. The van der Waals surface area contributed by atoms with Gasteiger partial charge in [0, 0.05) is 13.1 Å². The summed E-state index contributed by atoms with van der Waals surface area (Å²) in [7, 11) is 0. The molecule has 0 aliphatic carbocycles. The lowest BCUT2D eigenvalue weighted by molar-refractivity contribution is -0.274. The third kappa shape index (κ3) is 5.15. The molecule has 1 atom stereocenters. The minimum absolute atomic E-state index is 0.0125. The van der Waals surface area contributed by atoms with Gasteiger partial charge in [0.05, 0.1) is 12.3 Å². The molecule has 0 aromatic heterocycles. The smallest absolute Gasteiger partial charge is 0.481 e. The number of carbonyl (C=O) groups is 2. The summed E-state index contributed by atoms with van der Waals surface area (Å²) in [6.45, 7) is 0.668. The van der Waals surface area contributed by atoms with Crippen molar-refractivity contribution in [3.05, 3.63) is 29.8 Å². The van der Waals surface area contributed by atoms with Crippen LogP contribution in [0.25, 0.3) is 0 Å². The molecule has 0 unspecified atom stereocenters. The maximum Gasteiger partial charge on any atom is 0.573 e. The predicted molar refractivity (Wildman–Crippen MR) is 73.8 cm³/mol. The standard InChI is InChI=1S/C15H16F3NO4/c16-15(17,18)23-12-5-3-10(4-6-12)8-13(20)19-7-1-2-11(9-19)14(21)22/h3-6,11H,1-2,7-9H2,(H,21,22)/t11-/m0/s1. The van der Waals surface area contributed by atoms with Crippen molar-refractivity contribution in [2.75, 3.05) is 13.1 Å². The number of carboxylic acid groups (broad SMARTS) is 1. The summed E-state index contributed by atoms with van der Waals surface area (Å²) in [5.74, 6) is -2.07. The summed E-state index contributed by atoms with van der Waals surface area (Å²) in [6.07, 6.45) is -3.57. The number of piperidine rings is 1. The van der Waals surface area contributed by atoms with E-state index >= 15 is 0 Å². The highest BCUT2D eigenvalue weighted by Gasteiger charge is 2.31. The summed E-state index contributed by atoms with van der Waals surface area (Å²) in [5, 5.41) is 9.01. The summed E-state index contributed by atoms with van der Waals surface area (Å²) >= 11 is 0. The van der Waals surface area contributed by atoms with Crippen LogP contribution in [-0.2, 0) is 16.0 Å². The van der Waals surface area contributed by atoms with E-state index in [0.717, 1.165) is 12.1 Å². The van der Waals surface area contributed by atoms with E-state index in [-0.39, 0.29) is 24.6 Å². The zero-order valence-corrected chi connectivity index (χ0v) is 12.2. The van der Waals surface area contributed by atoms with Gasteiger partial charge in [0.15, 0.2) is 0 Å². The molecule has 1 amide bonds. The first-order chi connectivity index (χ1) is 10.7. The monoisotopic (exact) mass is 331 g/mol. The summed E-state index contributed by atoms with van der Waals surface area (Å²) in [6, 6.07) is 5.06. The van der Waals surface area contributed by atoms with Crippen LogP contribution in [0, 0.1) is 5.92 Å². The molecule has 2 rings (SSSR count). The second-order valence-corrected chi connectivity index (χ2v) is 5.39.